The molecule has 4 rings (SSSR count). The van der Waals surface area contributed by atoms with Crippen molar-refractivity contribution in [3.05, 3.63) is 94.7 Å². The van der Waals surface area contributed by atoms with E-state index >= 15 is 0 Å². The van der Waals surface area contributed by atoms with Gasteiger partial charge in [0.1, 0.15) is 0 Å². The first-order valence-electron chi connectivity index (χ1n) is 9.85. The van der Waals surface area contributed by atoms with Crippen molar-refractivity contribution in [1.29, 1.82) is 0 Å². The second-order valence-electron chi connectivity index (χ2n) is 6.95. The van der Waals surface area contributed by atoms with Gasteiger partial charge in [0, 0.05) is 17.8 Å². The molecule has 2 aromatic heterocycles. The zero-order valence-corrected chi connectivity index (χ0v) is 17.1. The van der Waals surface area contributed by atoms with Gasteiger partial charge in [-0.1, -0.05) is 48.5 Å². The fourth-order valence-corrected chi connectivity index (χ4v) is 3.09. The number of nitrogens with one attached hydrogen (secondary N) is 1. The molecule has 0 bridgehead atoms. The number of amides is 1. The lowest BCUT2D eigenvalue weighted by molar-refractivity contribution is -0.123. The molecule has 0 fully saturated rings. The van der Waals surface area contributed by atoms with E-state index in [1.165, 1.54) is 24.0 Å². The predicted octanol–water partition coefficient (Wildman–Crippen LogP) is 2.42. The van der Waals surface area contributed by atoms with E-state index in [2.05, 4.69) is 20.4 Å². The third-order valence-electron chi connectivity index (χ3n) is 4.69. The van der Waals surface area contributed by atoms with Gasteiger partial charge < -0.3 is 4.74 Å². The number of esters is 1. The molecule has 160 valence electrons. The average molecular weight is 429 g/mol. The van der Waals surface area contributed by atoms with Gasteiger partial charge in [-0.15, -0.1) is 0 Å². The maximum atomic E-state index is 12.9. The lowest BCUT2D eigenvalue weighted by Crippen LogP contribution is -2.32. The zero-order valence-electron chi connectivity index (χ0n) is 17.1. The van der Waals surface area contributed by atoms with Crippen molar-refractivity contribution in [3.63, 3.8) is 0 Å². The van der Waals surface area contributed by atoms with E-state index in [-0.39, 0.29) is 23.7 Å². The summed E-state index contributed by atoms with van der Waals surface area (Å²) in [7, 11) is 0. The Kier molecular flexibility index (Phi) is 5.98. The number of carbonyl (C=O) groups is 2. The number of anilines is 1. The fraction of sp³-hybridized carbons (Fsp3) is 0.130. The molecule has 4 aromatic rings. The average Bonchev–Trinajstić information content (AvgIpc) is 2.82. The largest absolute Gasteiger partial charge is 0.448 e. The van der Waals surface area contributed by atoms with Gasteiger partial charge in [0.2, 0.25) is 5.95 Å². The van der Waals surface area contributed by atoms with Crippen molar-refractivity contribution >= 4 is 28.6 Å². The number of hydrogen-bond donors (Lipinski definition) is 1. The number of hydrogen-bond acceptors (Lipinski definition) is 7. The molecule has 0 spiro atoms. The van der Waals surface area contributed by atoms with Gasteiger partial charge in [-0.25, -0.2) is 19.4 Å². The highest BCUT2D eigenvalue weighted by atomic mass is 16.5. The third-order valence-corrected chi connectivity index (χ3v) is 4.69. The number of benzene rings is 2. The Bertz CT molecular complexity index is 1320. The van der Waals surface area contributed by atoms with Crippen LogP contribution in [-0.2, 0) is 16.1 Å². The van der Waals surface area contributed by atoms with Crippen LogP contribution < -0.4 is 10.9 Å². The summed E-state index contributed by atoms with van der Waals surface area (Å²) in [4.78, 5) is 46.0. The normalized spacial score (nSPS) is 11.7. The standard InChI is InChI=1S/C23H19N5O4/c1-15(20(29)26-23-24-12-7-13-25-23)32-22(31)19-17-10-5-6-11-18(17)21(30)28(27-19)14-16-8-3-2-4-9-16/h2-13,15H,14H2,1H3,(H,24,25,26,29). The summed E-state index contributed by atoms with van der Waals surface area (Å²) in [5, 5.41) is 7.43. The van der Waals surface area contributed by atoms with Gasteiger partial charge in [0.05, 0.1) is 11.9 Å². The molecule has 0 aliphatic heterocycles. The van der Waals surface area contributed by atoms with E-state index in [1.54, 1.807) is 30.3 Å². The molecule has 32 heavy (non-hydrogen) atoms. The highest BCUT2D eigenvalue weighted by molar-refractivity contribution is 6.03. The van der Waals surface area contributed by atoms with E-state index in [0.29, 0.717) is 10.8 Å². The molecule has 0 aliphatic carbocycles. The summed E-state index contributed by atoms with van der Waals surface area (Å²) in [6.07, 6.45) is 1.82. The Morgan fingerprint density at radius 3 is 2.34 bits per heavy atom. The molecule has 9 heteroatoms. The van der Waals surface area contributed by atoms with Crippen LogP contribution in [0.15, 0.2) is 77.9 Å². The van der Waals surface area contributed by atoms with Crippen LogP contribution in [0.1, 0.15) is 23.0 Å². The Morgan fingerprint density at radius 1 is 0.969 bits per heavy atom. The minimum absolute atomic E-state index is 0.0493. The summed E-state index contributed by atoms with van der Waals surface area (Å²) < 4.78 is 6.56. The fourth-order valence-electron chi connectivity index (χ4n) is 3.09. The van der Waals surface area contributed by atoms with E-state index < -0.39 is 18.0 Å². The zero-order chi connectivity index (χ0) is 22.5. The molecule has 1 unspecified atom stereocenters. The van der Waals surface area contributed by atoms with E-state index in [4.69, 9.17) is 4.74 Å². The number of nitrogens with zero attached hydrogens (tertiary/aromatic N) is 4. The molecule has 0 saturated carbocycles. The minimum atomic E-state index is -1.14. The van der Waals surface area contributed by atoms with Crippen molar-refractivity contribution < 1.29 is 14.3 Å². The highest BCUT2D eigenvalue weighted by Gasteiger charge is 2.24. The Hall–Kier alpha value is -4.40. The lowest BCUT2D eigenvalue weighted by Gasteiger charge is -2.14. The first kappa shape index (κ1) is 20.9. The van der Waals surface area contributed by atoms with Crippen LogP contribution in [0.3, 0.4) is 0 Å². The molecule has 2 heterocycles. The van der Waals surface area contributed by atoms with Crippen molar-refractivity contribution in [2.45, 2.75) is 19.6 Å². The van der Waals surface area contributed by atoms with Crippen LogP contribution in [0.25, 0.3) is 10.8 Å². The minimum Gasteiger partial charge on any atom is -0.448 e. The molecular formula is C23H19N5O4. The van der Waals surface area contributed by atoms with Crippen molar-refractivity contribution in [2.75, 3.05) is 5.32 Å². The van der Waals surface area contributed by atoms with Crippen LogP contribution in [-0.4, -0.2) is 37.7 Å². The number of aromatic nitrogens is 4. The molecule has 1 N–H and O–H groups in total. The Morgan fingerprint density at radius 2 is 1.62 bits per heavy atom. The van der Waals surface area contributed by atoms with Gasteiger partial charge in [0.15, 0.2) is 11.8 Å². The summed E-state index contributed by atoms with van der Waals surface area (Å²) in [5.74, 6) is -1.31. The van der Waals surface area contributed by atoms with Gasteiger partial charge in [-0.3, -0.25) is 14.9 Å². The summed E-state index contributed by atoms with van der Waals surface area (Å²) in [5.41, 5.74) is 0.479. The Balaban J connectivity index is 1.62. The Labute approximate surface area is 182 Å². The lowest BCUT2D eigenvalue weighted by atomic mass is 10.1. The monoisotopic (exact) mass is 429 g/mol. The van der Waals surface area contributed by atoms with E-state index in [1.807, 2.05) is 30.3 Å². The molecule has 2 aromatic carbocycles. The number of carbonyl (C=O) groups excluding carboxylic acids is 2. The van der Waals surface area contributed by atoms with Gasteiger partial charge in [-0.05, 0) is 24.6 Å². The molecule has 0 saturated heterocycles. The highest BCUT2D eigenvalue weighted by Crippen LogP contribution is 2.16. The SMILES string of the molecule is CC(OC(=O)c1nn(Cc2ccccc2)c(=O)c2ccccc12)C(=O)Nc1ncccn1. The maximum absolute atomic E-state index is 12.9. The van der Waals surface area contributed by atoms with Crippen LogP contribution in [0, 0.1) is 0 Å². The smallest absolute Gasteiger partial charge is 0.360 e. The predicted molar refractivity (Wildman–Crippen MR) is 117 cm³/mol. The first-order valence-corrected chi connectivity index (χ1v) is 9.85. The molecule has 0 aliphatic rings. The van der Waals surface area contributed by atoms with Crippen molar-refractivity contribution in [3.8, 4) is 0 Å². The summed E-state index contributed by atoms with van der Waals surface area (Å²) in [6.45, 7) is 1.62. The van der Waals surface area contributed by atoms with E-state index in [0.717, 1.165) is 5.56 Å². The van der Waals surface area contributed by atoms with Crippen LogP contribution >= 0.6 is 0 Å². The van der Waals surface area contributed by atoms with E-state index in [9.17, 15) is 14.4 Å². The molecular weight excluding hydrogens is 410 g/mol. The third kappa shape index (κ3) is 4.51. The quantitative estimate of drug-likeness (QED) is 0.468. The molecule has 9 nitrogen and oxygen atoms in total. The van der Waals surface area contributed by atoms with Crippen molar-refractivity contribution in [1.82, 2.24) is 19.7 Å². The van der Waals surface area contributed by atoms with Crippen LogP contribution in [0.5, 0.6) is 0 Å². The molecule has 1 amide bonds. The summed E-state index contributed by atoms with van der Waals surface area (Å²) >= 11 is 0. The summed E-state index contributed by atoms with van der Waals surface area (Å²) in [6, 6.07) is 17.6. The van der Waals surface area contributed by atoms with Crippen molar-refractivity contribution in [2.24, 2.45) is 0 Å². The molecule has 0 radical (unpaired) electrons. The topological polar surface area (TPSA) is 116 Å². The number of ether oxygens (including phenoxy) is 1. The van der Waals surface area contributed by atoms with Gasteiger partial charge in [0.25, 0.3) is 11.5 Å². The van der Waals surface area contributed by atoms with Crippen LogP contribution in [0.2, 0.25) is 0 Å². The maximum Gasteiger partial charge on any atom is 0.360 e. The molecule has 1 atom stereocenters. The van der Waals surface area contributed by atoms with Gasteiger partial charge in [-0.2, -0.15) is 5.10 Å². The second kappa shape index (κ2) is 9.17. The van der Waals surface area contributed by atoms with Crippen LogP contribution in [0.4, 0.5) is 5.95 Å². The number of rotatable bonds is 6. The number of fused-ring (bicyclic) bond motifs is 1. The van der Waals surface area contributed by atoms with Gasteiger partial charge >= 0.3 is 5.97 Å². The second-order valence-corrected chi connectivity index (χ2v) is 6.95. The first-order chi connectivity index (χ1) is 15.5.